The van der Waals surface area contributed by atoms with Crippen molar-refractivity contribution in [3.05, 3.63) is 36.4 Å². The lowest BCUT2D eigenvalue weighted by molar-refractivity contribution is -0.131. The van der Waals surface area contributed by atoms with Gasteiger partial charge in [-0.2, -0.15) is 10.2 Å². The maximum Gasteiger partial charge on any atom is 0.244 e. The predicted octanol–water partition coefficient (Wildman–Crippen LogP) is 1.27. The van der Waals surface area contributed by atoms with Gasteiger partial charge in [0.1, 0.15) is 6.54 Å². The van der Waals surface area contributed by atoms with E-state index in [1.165, 1.54) is 5.56 Å². The Morgan fingerprint density at radius 1 is 1.43 bits per heavy atom. The molecule has 0 spiro atoms. The van der Waals surface area contributed by atoms with E-state index in [0.29, 0.717) is 12.5 Å². The van der Waals surface area contributed by atoms with E-state index in [9.17, 15) is 4.79 Å². The molecule has 0 saturated carbocycles. The van der Waals surface area contributed by atoms with Crippen LogP contribution in [0.15, 0.2) is 30.9 Å². The van der Waals surface area contributed by atoms with E-state index in [1.54, 1.807) is 10.9 Å². The number of rotatable bonds is 3. The van der Waals surface area contributed by atoms with Crippen LogP contribution in [-0.4, -0.2) is 43.5 Å². The van der Waals surface area contributed by atoms with Crippen LogP contribution < -0.4 is 0 Å². The maximum absolute atomic E-state index is 12.4. The standard InChI is InChI=1S/C15H21N5O/c1-15(2)11-19(14(21)10-20-6-4-5-16-20)9-13(15)12-7-17-18(3)8-12/h4-8,13H,9-11H2,1-3H3. The normalized spacial score (nSPS) is 20.9. The molecule has 1 aliphatic rings. The third-order valence-electron chi connectivity index (χ3n) is 4.28. The molecular formula is C15H21N5O. The van der Waals surface area contributed by atoms with Crippen molar-refractivity contribution >= 4 is 5.91 Å². The molecule has 1 atom stereocenters. The largest absolute Gasteiger partial charge is 0.340 e. The molecule has 3 heterocycles. The zero-order valence-corrected chi connectivity index (χ0v) is 12.7. The first-order chi connectivity index (χ1) is 9.95. The SMILES string of the molecule is Cn1cc(C2CN(C(=O)Cn3cccn3)CC2(C)C)cn1. The summed E-state index contributed by atoms with van der Waals surface area (Å²) in [4.78, 5) is 14.4. The zero-order valence-electron chi connectivity index (χ0n) is 12.7. The third-order valence-corrected chi connectivity index (χ3v) is 4.28. The van der Waals surface area contributed by atoms with E-state index >= 15 is 0 Å². The zero-order chi connectivity index (χ0) is 15.0. The van der Waals surface area contributed by atoms with Crippen molar-refractivity contribution in [3.8, 4) is 0 Å². The number of carbonyl (C=O) groups excluding carboxylic acids is 1. The van der Waals surface area contributed by atoms with Gasteiger partial charge in [0.2, 0.25) is 5.91 Å². The van der Waals surface area contributed by atoms with Crippen LogP contribution in [0.25, 0.3) is 0 Å². The van der Waals surface area contributed by atoms with Gasteiger partial charge in [0.05, 0.1) is 6.20 Å². The van der Waals surface area contributed by atoms with Gasteiger partial charge in [0.15, 0.2) is 0 Å². The Kier molecular flexibility index (Phi) is 3.31. The molecule has 2 aromatic heterocycles. The Hall–Kier alpha value is -2.11. The second-order valence-electron chi connectivity index (χ2n) is 6.47. The minimum Gasteiger partial charge on any atom is -0.340 e. The Bertz CT molecular complexity index is 628. The summed E-state index contributed by atoms with van der Waals surface area (Å²) >= 11 is 0. The lowest BCUT2D eigenvalue weighted by Crippen LogP contribution is -2.33. The highest BCUT2D eigenvalue weighted by molar-refractivity contribution is 5.76. The highest BCUT2D eigenvalue weighted by atomic mass is 16.2. The summed E-state index contributed by atoms with van der Waals surface area (Å²) in [6, 6.07) is 1.83. The van der Waals surface area contributed by atoms with Crippen LogP contribution in [0.2, 0.25) is 0 Å². The van der Waals surface area contributed by atoms with Gasteiger partial charge in [0, 0.05) is 44.6 Å². The molecule has 0 aliphatic carbocycles. The molecule has 6 nitrogen and oxygen atoms in total. The van der Waals surface area contributed by atoms with Gasteiger partial charge in [0.25, 0.3) is 0 Å². The second-order valence-corrected chi connectivity index (χ2v) is 6.47. The van der Waals surface area contributed by atoms with Crippen LogP contribution in [0.3, 0.4) is 0 Å². The molecule has 1 fully saturated rings. The fourth-order valence-corrected chi connectivity index (χ4v) is 3.13. The van der Waals surface area contributed by atoms with Crippen LogP contribution >= 0.6 is 0 Å². The molecule has 21 heavy (non-hydrogen) atoms. The first kappa shape index (κ1) is 13.9. The molecule has 112 valence electrons. The fraction of sp³-hybridized carbons (Fsp3) is 0.533. The minimum absolute atomic E-state index is 0.0583. The molecule has 0 radical (unpaired) electrons. The molecule has 1 saturated heterocycles. The van der Waals surface area contributed by atoms with Crippen LogP contribution in [0.4, 0.5) is 0 Å². The van der Waals surface area contributed by atoms with Gasteiger partial charge in [-0.05, 0) is 17.0 Å². The minimum atomic E-state index is 0.0583. The van der Waals surface area contributed by atoms with Gasteiger partial charge >= 0.3 is 0 Å². The molecule has 0 bridgehead atoms. The number of hydrogen-bond donors (Lipinski definition) is 0. The van der Waals surface area contributed by atoms with E-state index in [1.807, 2.05) is 41.3 Å². The first-order valence-corrected chi connectivity index (χ1v) is 7.19. The molecule has 1 amide bonds. The summed E-state index contributed by atoms with van der Waals surface area (Å²) in [6.45, 7) is 6.26. The van der Waals surface area contributed by atoms with E-state index in [2.05, 4.69) is 24.0 Å². The van der Waals surface area contributed by atoms with Gasteiger partial charge in [-0.1, -0.05) is 13.8 Å². The number of hydrogen-bond acceptors (Lipinski definition) is 3. The summed E-state index contributed by atoms with van der Waals surface area (Å²) in [5.74, 6) is 0.450. The lowest BCUT2D eigenvalue weighted by Gasteiger charge is -2.24. The Labute approximate surface area is 124 Å². The Balaban J connectivity index is 1.73. The number of nitrogens with zero attached hydrogens (tertiary/aromatic N) is 5. The summed E-state index contributed by atoms with van der Waals surface area (Å²) in [7, 11) is 1.92. The average Bonchev–Trinajstić information content (AvgIpc) is 3.10. The summed E-state index contributed by atoms with van der Waals surface area (Å²) < 4.78 is 3.49. The van der Waals surface area contributed by atoms with Crippen LogP contribution in [0.1, 0.15) is 25.3 Å². The van der Waals surface area contributed by atoms with Crippen molar-refractivity contribution in [2.75, 3.05) is 13.1 Å². The van der Waals surface area contributed by atoms with Crippen LogP contribution in [-0.2, 0) is 18.4 Å². The first-order valence-electron chi connectivity index (χ1n) is 7.19. The molecule has 1 aliphatic heterocycles. The summed E-state index contributed by atoms with van der Waals surface area (Å²) in [6.07, 6.45) is 7.47. The van der Waals surface area contributed by atoms with E-state index < -0.39 is 0 Å². The quantitative estimate of drug-likeness (QED) is 0.854. The van der Waals surface area contributed by atoms with Gasteiger partial charge < -0.3 is 4.90 Å². The number of amides is 1. The molecule has 6 heteroatoms. The van der Waals surface area contributed by atoms with Gasteiger partial charge in [-0.15, -0.1) is 0 Å². The number of carbonyl (C=O) groups is 1. The van der Waals surface area contributed by atoms with Gasteiger partial charge in [-0.25, -0.2) is 0 Å². The van der Waals surface area contributed by atoms with E-state index in [4.69, 9.17) is 0 Å². The topological polar surface area (TPSA) is 56.0 Å². The van der Waals surface area contributed by atoms with Crippen molar-refractivity contribution in [2.24, 2.45) is 12.5 Å². The molecule has 2 aromatic rings. The third kappa shape index (κ3) is 2.70. The smallest absolute Gasteiger partial charge is 0.244 e. The molecular weight excluding hydrogens is 266 g/mol. The molecule has 3 rings (SSSR count). The van der Waals surface area contributed by atoms with E-state index in [-0.39, 0.29) is 11.3 Å². The van der Waals surface area contributed by atoms with Crippen molar-refractivity contribution in [1.29, 1.82) is 0 Å². The van der Waals surface area contributed by atoms with Crippen molar-refractivity contribution in [2.45, 2.75) is 26.3 Å². The van der Waals surface area contributed by atoms with E-state index in [0.717, 1.165) is 13.1 Å². The Morgan fingerprint density at radius 2 is 2.24 bits per heavy atom. The molecule has 0 aromatic carbocycles. The average molecular weight is 287 g/mol. The molecule has 0 N–H and O–H groups in total. The van der Waals surface area contributed by atoms with Gasteiger partial charge in [-0.3, -0.25) is 14.2 Å². The summed E-state index contributed by atoms with van der Waals surface area (Å²) in [5.41, 5.74) is 1.26. The fourth-order valence-electron chi connectivity index (χ4n) is 3.13. The highest BCUT2D eigenvalue weighted by Gasteiger charge is 2.42. The number of aromatic nitrogens is 4. The number of likely N-dealkylation sites (tertiary alicyclic amines) is 1. The molecule has 1 unspecified atom stereocenters. The Morgan fingerprint density at radius 3 is 2.86 bits per heavy atom. The predicted molar refractivity (Wildman–Crippen MR) is 78.5 cm³/mol. The highest BCUT2D eigenvalue weighted by Crippen LogP contribution is 2.42. The van der Waals surface area contributed by atoms with Crippen LogP contribution in [0.5, 0.6) is 0 Å². The van der Waals surface area contributed by atoms with Crippen LogP contribution in [0, 0.1) is 5.41 Å². The van der Waals surface area contributed by atoms with Crippen molar-refractivity contribution < 1.29 is 4.79 Å². The van der Waals surface area contributed by atoms with Crippen molar-refractivity contribution in [3.63, 3.8) is 0 Å². The number of aryl methyl sites for hydroxylation is 1. The maximum atomic E-state index is 12.4. The summed E-state index contributed by atoms with van der Waals surface area (Å²) in [5, 5.41) is 8.36. The monoisotopic (exact) mass is 287 g/mol. The lowest BCUT2D eigenvalue weighted by atomic mass is 9.79. The second kappa shape index (κ2) is 5.02. The van der Waals surface area contributed by atoms with Crippen molar-refractivity contribution in [1.82, 2.24) is 24.5 Å².